The van der Waals surface area contributed by atoms with E-state index in [4.69, 9.17) is 33.0 Å². The minimum atomic E-state index is -0.524. The van der Waals surface area contributed by atoms with Crippen molar-refractivity contribution in [3.05, 3.63) is 58.5 Å². The molecule has 1 aliphatic heterocycles. The predicted octanol–water partition coefficient (Wildman–Crippen LogP) is 3.96. The molecule has 5 nitrogen and oxygen atoms in total. The van der Waals surface area contributed by atoms with Crippen LogP contribution in [0.15, 0.2) is 52.1 Å². The van der Waals surface area contributed by atoms with Gasteiger partial charge in [0.25, 0.3) is 0 Å². The first-order valence-electron chi connectivity index (χ1n) is 7.81. The largest absolute Gasteiger partial charge is 0.463 e. The minimum Gasteiger partial charge on any atom is -0.463 e. The Morgan fingerprint density at radius 2 is 2.08 bits per heavy atom. The molecule has 1 unspecified atom stereocenters. The summed E-state index contributed by atoms with van der Waals surface area (Å²) < 4.78 is 11.1. The second kappa shape index (κ2) is 7.29. The van der Waals surface area contributed by atoms with Crippen LogP contribution >= 0.6 is 23.8 Å². The number of nitrogens with one attached hydrogen (secondary N) is 2. The molecule has 130 valence electrons. The van der Waals surface area contributed by atoms with E-state index < -0.39 is 12.0 Å². The lowest BCUT2D eigenvalue weighted by Gasteiger charge is -2.28. The van der Waals surface area contributed by atoms with Gasteiger partial charge in [-0.05, 0) is 50.3 Å². The lowest BCUT2D eigenvalue weighted by Crippen LogP contribution is -2.45. The average molecular weight is 377 g/mol. The molecule has 1 aromatic carbocycles. The zero-order valence-corrected chi connectivity index (χ0v) is 15.3. The molecule has 0 saturated carbocycles. The fourth-order valence-corrected chi connectivity index (χ4v) is 3.20. The standard InChI is InChI=1S/C18H17ClN2O3S/c1-3-23-17(22)15-10(2)20-18(25)21-16(15)14-9-8-13(24-14)11-6-4-5-7-12(11)19/h4-9,16H,3H2,1-2H3,(H2,20,21,25). The third-order valence-corrected chi connectivity index (χ3v) is 4.36. The molecule has 2 aromatic rings. The van der Waals surface area contributed by atoms with Crippen LogP contribution in [0.4, 0.5) is 0 Å². The van der Waals surface area contributed by atoms with Crippen molar-refractivity contribution in [2.75, 3.05) is 6.61 Å². The highest BCUT2D eigenvalue weighted by Crippen LogP contribution is 2.34. The van der Waals surface area contributed by atoms with Crippen LogP contribution < -0.4 is 10.6 Å². The van der Waals surface area contributed by atoms with Crippen LogP contribution in [0.25, 0.3) is 11.3 Å². The van der Waals surface area contributed by atoms with Crippen molar-refractivity contribution in [2.45, 2.75) is 19.9 Å². The molecule has 2 N–H and O–H groups in total. The van der Waals surface area contributed by atoms with Gasteiger partial charge in [-0.15, -0.1) is 0 Å². The summed E-state index contributed by atoms with van der Waals surface area (Å²) in [5.41, 5.74) is 1.86. The molecule has 0 spiro atoms. The molecule has 0 fully saturated rings. The molecule has 1 atom stereocenters. The second-order valence-electron chi connectivity index (χ2n) is 5.47. The molecular formula is C18H17ClN2O3S. The number of halogens is 1. The Hall–Kier alpha value is -2.31. The number of thiocarbonyl (C=S) groups is 1. The molecule has 0 aliphatic carbocycles. The fourth-order valence-electron chi connectivity index (χ4n) is 2.70. The summed E-state index contributed by atoms with van der Waals surface area (Å²) in [4.78, 5) is 12.4. The molecule has 7 heteroatoms. The smallest absolute Gasteiger partial charge is 0.338 e. The molecule has 0 radical (unpaired) electrons. The third kappa shape index (κ3) is 3.55. The number of furan rings is 1. The summed E-state index contributed by atoms with van der Waals surface area (Å²) in [7, 11) is 0. The van der Waals surface area contributed by atoms with Crippen molar-refractivity contribution in [2.24, 2.45) is 0 Å². The normalized spacial score (nSPS) is 17.1. The third-order valence-electron chi connectivity index (χ3n) is 3.82. The van der Waals surface area contributed by atoms with Crippen LogP contribution in [-0.2, 0) is 9.53 Å². The van der Waals surface area contributed by atoms with Crippen molar-refractivity contribution < 1.29 is 13.9 Å². The number of carbonyl (C=O) groups excluding carboxylic acids is 1. The van der Waals surface area contributed by atoms with Gasteiger partial charge in [-0.2, -0.15) is 0 Å². The number of hydrogen-bond donors (Lipinski definition) is 2. The summed E-state index contributed by atoms with van der Waals surface area (Å²) >= 11 is 11.4. The quantitative estimate of drug-likeness (QED) is 0.622. The highest BCUT2D eigenvalue weighted by molar-refractivity contribution is 7.80. The zero-order chi connectivity index (χ0) is 18.0. The number of ether oxygens (including phenoxy) is 1. The number of benzene rings is 1. The Morgan fingerprint density at radius 3 is 2.80 bits per heavy atom. The topological polar surface area (TPSA) is 63.5 Å². The Morgan fingerprint density at radius 1 is 1.32 bits per heavy atom. The lowest BCUT2D eigenvalue weighted by molar-refractivity contribution is -0.139. The molecular weight excluding hydrogens is 360 g/mol. The first-order chi connectivity index (χ1) is 12.0. The van der Waals surface area contributed by atoms with E-state index >= 15 is 0 Å². The molecule has 0 saturated heterocycles. The van der Waals surface area contributed by atoms with Crippen molar-refractivity contribution >= 4 is 34.9 Å². The SMILES string of the molecule is CCOC(=O)C1=C(C)NC(=S)NC1c1ccc(-c2ccccc2Cl)o1. The summed E-state index contributed by atoms with van der Waals surface area (Å²) in [5.74, 6) is 0.761. The minimum absolute atomic E-state index is 0.288. The Balaban J connectivity index is 1.99. The van der Waals surface area contributed by atoms with E-state index in [9.17, 15) is 4.79 Å². The maximum atomic E-state index is 12.4. The highest BCUT2D eigenvalue weighted by atomic mass is 35.5. The maximum absolute atomic E-state index is 12.4. The van der Waals surface area contributed by atoms with E-state index in [0.29, 0.717) is 32.9 Å². The van der Waals surface area contributed by atoms with Gasteiger partial charge in [-0.3, -0.25) is 0 Å². The van der Waals surface area contributed by atoms with Crippen LogP contribution in [0.3, 0.4) is 0 Å². The number of rotatable bonds is 4. The maximum Gasteiger partial charge on any atom is 0.338 e. The van der Waals surface area contributed by atoms with Gasteiger partial charge in [0.15, 0.2) is 5.11 Å². The number of carbonyl (C=O) groups is 1. The van der Waals surface area contributed by atoms with Crippen LogP contribution in [0.1, 0.15) is 25.6 Å². The van der Waals surface area contributed by atoms with Gasteiger partial charge in [0.1, 0.15) is 17.6 Å². The van der Waals surface area contributed by atoms with Gasteiger partial charge in [0, 0.05) is 11.3 Å². The highest BCUT2D eigenvalue weighted by Gasteiger charge is 2.33. The Bertz CT molecular complexity index is 860. The first kappa shape index (κ1) is 17.5. The van der Waals surface area contributed by atoms with Crippen LogP contribution in [-0.4, -0.2) is 17.7 Å². The number of esters is 1. The van der Waals surface area contributed by atoms with E-state index in [1.807, 2.05) is 24.3 Å². The van der Waals surface area contributed by atoms with E-state index in [0.717, 1.165) is 5.56 Å². The molecule has 0 amide bonds. The Labute approximate surface area is 156 Å². The Kier molecular flexibility index (Phi) is 5.11. The molecule has 3 rings (SSSR count). The fraction of sp³-hybridized carbons (Fsp3) is 0.222. The van der Waals surface area contributed by atoms with Gasteiger partial charge in [0.05, 0.1) is 17.2 Å². The molecule has 1 aromatic heterocycles. The van der Waals surface area contributed by atoms with Gasteiger partial charge in [-0.25, -0.2) is 4.79 Å². The second-order valence-corrected chi connectivity index (χ2v) is 6.29. The summed E-state index contributed by atoms with van der Waals surface area (Å²) in [6.07, 6.45) is 0. The zero-order valence-electron chi connectivity index (χ0n) is 13.8. The summed E-state index contributed by atoms with van der Waals surface area (Å²) in [5, 5.41) is 7.03. The van der Waals surface area contributed by atoms with Crippen LogP contribution in [0.2, 0.25) is 5.02 Å². The van der Waals surface area contributed by atoms with E-state index in [-0.39, 0.29) is 6.61 Å². The van der Waals surface area contributed by atoms with Crippen LogP contribution in [0, 0.1) is 0 Å². The van der Waals surface area contributed by atoms with Crippen molar-refractivity contribution in [3.8, 4) is 11.3 Å². The summed E-state index contributed by atoms with van der Waals surface area (Å²) in [6, 6.07) is 10.5. The molecule has 1 aliphatic rings. The number of hydrogen-bond acceptors (Lipinski definition) is 4. The predicted molar refractivity (Wildman–Crippen MR) is 100 cm³/mol. The van der Waals surface area contributed by atoms with Crippen molar-refractivity contribution in [1.82, 2.24) is 10.6 Å². The first-order valence-corrected chi connectivity index (χ1v) is 8.60. The monoisotopic (exact) mass is 376 g/mol. The molecule has 0 bridgehead atoms. The van der Waals surface area contributed by atoms with Crippen molar-refractivity contribution in [1.29, 1.82) is 0 Å². The lowest BCUT2D eigenvalue weighted by atomic mass is 10.0. The average Bonchev–Trinajstić information content (AvgIpc) is 3.04. The van der Waals surface area contributed by atoms with E-state index in [1.165, 1.54) is 0 Å². The van der Waals surface area contributed by atoms with Gasteiger partial charge in [-0.1, -0.05) is 23.7 Å². The van der Waals surface area contributed by atoms with Crippen LogP contribution in [0.5, 0.6) is 0 Å². The summed E-state index contributed by atoms with van der Waals surface area (Å²) in [6.45, 7) is 3.83. The molecule has 2 heterocycles. The van der Waals surface area contributed by atoms with E-state index in [1.54, 1.807) is 26.0 Å². The molecule has 25 heavy (non-hydrogen) atoms. The van der Waals surface area contributed by atoms with Gasteiger partial charge in [0.2, 0.25) is 0 Å². The van der Waals surface area contributed by atoms with Gasteiger partial charge < -0.3 is 19.8 Å². The van der Waals surface area contributed by atoms with E-state index in [2.05, 4.69) is 10.6 Å². The van der Waals surface area contributed by atoms with Gasteiger partial charge >= 0.3 is 5.97 Å². The number of allylic oxidation sites excluding steroid dienone is 1. The van der Waals surface area contributed by atoms with Crippen molar-refractivity contribution in [3.63, 3.8) is 0 Å².